The number of hydrogen-bond acceptors (Lipinski definition) is 7. The topological polar surface area (TPSA) is 113 Å². The average Bonchev–Trinajstić information content (AvgIpc) is 3.08. The molecular formula is C35H21N5O4. The number of aromatic nitrogens is 3. The third kappa shape index (κ3) is 4.31. The first-order valence-electron chi connectivity index (χ1n) is 13.7. The van der Waals surface area contributed by atoms with Crippen LogP contribution in [0.4, 0.5) is 11.4 Å². The number of pyridine rings is 3. The monoisotopic (exact) mass is 575 g/mol. The third-order valence-corrected chi connectivity index (χ3v) is 7.52. The van der Waals surface area contributed by atoms with Crippen LogP contribution in [0, 0.1) is 0 Å². The van der Waals surface area contributed by atoms with Gasteiger partial charge >= 0.3 is 0 Å². The number of amides is 4. The average molecular weight is 576 g/mol. The van der Waals surface area contributed by atoms with Gasteiger partial charge in [-0.05, 0) is 83.9 Å². The summed E-state index contributed by atoms with van der Waals surface area (Å²) in [5, 5.41) is 0.688. The minimum absolute atomic E-state index is 0.269. The van der Waals surface area contributed by atoms with Gasteiger partial charge in [0.25, 0.3) is 23.6 Å². The number of carbonyl (C=O) groups excluding carboxylic acids is 4. The SMILES string of the molecule is O=C1c2ccc3c4c(ccc(c24)C(=O)N1c1ccccc1)C(=O)N(c1ccncc1)C3=O.c1cc(-c2ccncc2)ccn1. The van der Waals surface area contributed by atoms with Gasteiger partial charge in [-0.3, -0.25) is 34.1 Å². The van der Waals surface area contributed by atoms with Crippen molar-refractivity contribution in [3.63, 3.8) is 0 Å². The Morgan fingerprint density at radius 1 is 0.364 bits per heavy atom. The fourth-order valence-corrected chi connectivity index (χ4v) is 5.50. The number of rotatable bonds is 3. The zero-order valence-corrected chi connectivity index (χ0v) is 23.0. The zero-order valence-electron chi connectivity index (χ0n) is 23.0. The van der Waals surface area contributed by atoms with Crippen LogP contribution in [0.1, 0.15) is 41.4 Å². The van der Waals surface area contributed by atoms with Crippen LogP contribution in [0.3, 0.4) is 0 Å². The summed E-state index contributed by atoms with van der Waals surface area (Å²) in [6.45, 7) is 0. The molecule has 8 rings (SSSR count). The van der Waals surface area contributed by atoms with Crippen molar-refractivity contribution in [2.24, 2.45) is 0 Å². The van der Waals surface area contributed by atoms with Gasteiger partial charge in [-0.1, -0.05) is 18.2 Å². The van der Waals surface area contributed by atoms with Gasteiger partial charge in [0.2, 0.25) is 0 Å². The highest BCUT2D eigenvalue weighted by Crippen LogP contribution is 2.39. The molecule has 0 saturated carbocycles. The minimum atomic E-state index is -0.511. The summed E-state index contributed by atoms with van der Waals surface area (Å²) in [6.07, 6.45) is 10.2. The van der Waals surface area contributed by atoms with Crippen LogP contribution in [0.2, 0.25) is 0 Å². The highest BCUT2D eigenvalue weighted by atomic mass is 16.2. The predicted molar refractivity (Wildman–Crippen MR) is 164 cm³/mol. The van der Waals surface area contributed by atoms with Crippen LogP contribution in [-0.4, -0.2) is 38.6 Å². The van der Waals surface area contributed by atoms with Crippen LogP contribution in [0.15, 0.2) is 128 Å². The molecule has 0 saturated heterocycles. The molecule has 4 amide bonds. The number of benzene rings is 3. The van der Waals surface area contributed by atoms with Crippen LogP contribution < -0.4 is 9.80 Å². The summed E-state index contributed by atoms with van der Waals surface area (Å²) in [5.41, 5.74) is 4.30. The number of anilines is 2. The molecular weight excluding hydrogens is 554 g/mol. The molecule has 0 fully saturated rings. The first kappa shape index (κ1) is 26.5. The van der Waals surface area contributed by atoms with E-state index in [2.05, 4.69) is 15.0 Å². The molecule has 0 spiro atoms. The van der Waals surface area contributed by atoms with Crippen LogP contribution in [0.25, 0.3) is 21.9 Å². The Morgan fingerprint density at radius 2 is 0.682 bits per heavy atom. The van der Waals surface area contributed by atoms with Gasteiger partial charge in [-0.2, -0.15) is 0 Å². The zero-order chi connectivity index (χ0) is 30.2. The van der Waals surface area contributed by atoms with Crippen LogP contribution in [0.5, 0.6) is 0 Å². The second-order valence-electron chi connectivity index (χ2n) is 9.98. The molecule has 5 heterocycles. The quantitative estimate of drug-likeness (QED) is 0.239. The van der Waals surface area contributed by atoms with E-state index in [-0.39, 0.29) is 22.3 Å². The molecule has 9 nitrogen and oxygen atoms in total. The summed E-state index contributed by atoms with van der Waals surface area (Å²) in [4.78, 5) is 67.3. The second kappa shape index (κ2) is 10.8. The Bertz CT molecular complexity index is 1860. The summed E-state index contributed by atoms with van der Waals surface area (Å²) < 4.78 is 0. The molecule has 0 radical (unpaired) electrons. The van der Waals surface area contributed by atoms with Gasteiger partial charge in [-0.15, -0.1) is 0 Å². The highest BCUT2D eigenvalue weighted by Gasteiger charge is 2.40. The summed E-state index contributed by atoms with van der Waals surface area (Å²) in [5.74, 6) is -2.01. The van der Waals surface area contributed by atoms with E-state index in [0.717, 1.165) is 9.80 Å². The predicted octanol–water partition coefficient (Wildman–Crippen LogP) is 5.98. The van der Waals surface area contributed by atoms with E-state index in [4.69, 9.17) is 0 Å². The first-order valence-corrected chi connectivity index (χ1v) is 13.7. The maximum absolute atomic E-state index is 13.3. The fourth-order valence-electron chi connectivity index (χ4n) is 5.50. The maximum atomic E-state index is 13.3. The fraction of sp³-hybridized carbons (Fsp3) is 0. The molecule has 0 bridgehead atoms. The molecule has 0 atom stereocenters. The van der Waals surface area contributed by atoms with Crippen molar-refractivity contribution >= 4 is 45.8 Å². The van der Waals surface area contributed by atoms with Crippen molar-refractivity contribution < 1.29 is 19.2 Å². The van der Waals surface area contributed by atoms with Crippen molar-refractivity contribution in [2.75, 3.05) is 9.80 Å². The van der Waals surface area contributed by atoms with Crippen molar-refractivity contribution in [3.8, 4) is 11.1 Å². The Balaban J connectivity index is 0.000000218. The lowest BCUT2D eigenvalue weighted by molar-refractivity contribution is 0.0873. The summed E-state index contributed by atoms with van der Waals surface area (Å²) in [7, 11) is 0. The van der Waals surface area contributed by atoms with Crippen molar-refractivity contribution in [1.82, 2.24) is 15.0 Å². The molecule has 0 N–H and O–H groups in total. The Morgan fingerprint density at radius 3 is 1.05 bits per heavy atom. The number of nitrogens with zero attached hydrogens (tertiary/aromatic N) is 5. The molecule has 3 aromatic heterocycles. The molecule has 2 aliphatic heterocycles. The van der Waals surface area contributed by atoms with Gasteiger partial charge in [0.1, 0.15) is 0 Å². The molecule has 9 heteroatoms. The normalized spacial score (nSPS) is 13.5. The molecule has 0 unspecified atom stereocenters. The van der Waals surface area contributed by atoms with E-state index in [0.29, 0.717) is 22.1 Å². The van der Waals surface area contributed by atoms with E-state index in [1.165, 1.54) is 23.5 Å². The largest absolute Gasteiger partial charge is 0.268 e. The van der Waals surface area contributed by atoms with Crippen molar-refractivity contribution in [1.29, 1.82) is 0 Å². The van der Waals surface area contributed by atoms with E-state index in [9.17, 15) is 19.2 Å². The standard InChI is InChI=1S/C25H13N3O4.C10H8N2/c29-22-16-6-8-18-21-19(25(32)28(24(18)31)15-10-12-26-13-11-15)9-7-17(20(16)21)23(30)27(22)14-4-2-1-3-5-14;1-5-11-6-2-9(1)10-3-7-12-8-4-10/h1-13H;1-8H. The molecule has 6 aromatic rings. The van der Waals surface area contributed by atoms with E-state index >= 15 is 0 Å². The van der Waals surface area contributed by atoms with E-state index in [1.54, 1.807) is 91.5 Å². The molecule has 210 valence electrons. The summed E-state index contributed by atoms with van der Waals surface area (Å²) in [6, 6.07) is 25.9. The number of imide groups is 2. The summed E-state index contributed by atoms with van der Waals surface area (Å²) >= 11 is 0. The van der Waals surface area contributed by atoms with Gasteiger partial charge in [-0.25, -0.2) is 9.80 Å². The van der Waals surface area contributed by atoms with Crippen LogP contribution in [-0.2, 0) is 0 Å². The maximum Gasteiger partial charge on any atom is 0.265 e. The molecule has 2 aliphatic rings. The third-order valence-electron chi connectivity index (χ3n) is 7.52. The van der Waals surface area contributed by atoms with Gasteiger partial charge in [0.05, 0.1) is 11.4 Å². The molecule has 3 aromatic carbocycles. The smallest absolute Gasteiger partial charge is 0.265 e. The number of para-hydroxylation sites is 1. The van der Waals surface area contributed by atoms with Gasteiger partial charge in [0, 0.05) is 70.2 Å². The lowest BCUT2D eigenvalue weighted by Gasteiger charge is -2.31. The van der Waals surface area contributed by atoms with Crippen molar-refractivity contribution in [2.45, 2.75) is 0 Å². The highest BCUT2D eigenvalue weighted by molar-refractivity contribution is 6.42. The first-order chi connectivity index (χ1) is 21.5. The Kier molecular flexibility index (Phi) is 6.52. The Hall–Kier alpha value is -6.35. The minimum Gasteiger partial charge on any atom is -0.268 e. The lowest BCUT2D eigenvalue weighted by atomic mass is 9.85. The molecule has 0 aliphatic carbocycles. The van der Waals surface area contributed by atoms with Gasteiger partial charge in [0.15, 0.2) is 0 Å². The van der Waals surface area contributed by atoms with E-state index in [1.807, 2.05) is 24.3 Å². The lowest BCUT2D eigenvalue weighted by Crippen LogP contribution is -2.43. The number of carbonyl (C=O) groups is 4. The van der Waals surface area contributed by atoms with Crippen molar-refractivity contribution in [3.05, 3.63) is 150 Å². The van der Waals surface area contributed by atoms with E-state index < -0.39 is 23.6 Å². The molecule has 44 heavy (non-hydrogen) atoms. The Labute approximate surface area is 251 Å². The number of hydrogen-bond donors (Lipinski definition) is 0. The second-order valence-corrected chi connectivity index (χ2v) is 9.98. The van der Waals surface area contributed by atoms with Crippen LogP contribution >= 0.6 is 0 Å². The van der Waals surface area contributed by atoms with Gasteiger partial charge < -0.3 is 0 Å².